The minimum absolute atomic E-state index is 0.0200. The van der Waals surface area contributed by atoms with Gasteiger partial charge in [-0.15, -0.1) is 5.10 Å². The summed E-state index contributed by atoms with van der Waals surface area (Å²) < 4.78 is 47.2. The molecule has 0 unspecified atom stereocenters. The van der Waals surface area contributed by atoms with Gasteiger partial charge in [-0.2, -0.15) is 4.39 Å². The first-order valence-corrected chi connectivity index (χ1v) is 7.21. The predicted octanol–water partition coefficient (Wildman–Crippen LogP) is 2.16. The van der Waals surface area contributed by atoms with Crippen LogP contribution in [0, 0.1) is 23.4 Å². The highest BCUT2D eigenvalue weighted by Crippen LogP contribution is 2.27. The first kappa shape index (κ1) is 17.8. The number of hydrogen-bond donors (Lipinski definition) is 1. The van der Waals surface area contributed by atoms with E-state index in [1.165, 1.54) is 10.9 Å². The van der Waals surface area contributed by atoms with Gasteiger partial charge in [-0.25, -0.2) is 8.78 Å². The molecule has 0 fully saturated rings. The molecule has 9 heteroatoms. The molecule has 0 saturated heterocycles. The molecule has 1 amide bonds. The Bertz CT molecular complexity index is 720. The van der Waals surface area contributed by atoms with Crippen molar-refractivity contribution >= 4 is 5.91 Å². The molecule has 2 rings (SSSR count). The van der Waals surface area contributed by atoms with Crippen LogP contribution in [0.3, 0.4) is 0 Å². The SMILES string of the molecule is COc1c(F)c(F)cc(C(=O)N[C@@H](Cn2ccnn2)C(C)C)c1F. The lowest BCUT2D eigenvalue weighted by Gasteiger charge is -2.22. The van der Waals surface area contributed by atoms with Crippen LogP contribution in [0.2, 0.25) is 0 Å². The second-order valence-corrected chi connectivity index (χ2v) is 5.52. The summed E-state index contributed by atoms with van der Waals surface area (Å²) in [6.45, 7) is 4.00. The van der Waals surface area contributed by atoms with Crippen LogP contribution in [0.25, 0.3) is 0 Å². The average Bonchev–Trinajstić information content (AvgIpc) is 3.03. The largest absolute Gasteiger partial charge is 0.491 e. The average molecular weight is 342 g/mol. The summed E-state index contributed by atoms with van der Waals surface area (Å²) >= 11 is 0. The molecular weight excluding hydrogens is 325 g/mol. The Morgan fingerprint density at radius 3 is 2.58 bits per heavy atom. The van der Waals surface area contributed by atoms with Gasteiger partial charge in [0.25, 0.3) is 5.91 Å². The van der Waals surface area contributed by atoms with Crippen LogP contribution < -0.4 is 10.1 Å². The number of carbonyl (C=O) groups is 1. The molecule has 1 aromatic heterocycles. The number of hydrogen-bond acceptors (Lipinski definition) is 4. The molecule has 1 aromatic carbocycles. The van der Waals surface area contributed by atoms with Crippen molar-refractivity contribution in [1.29, 1.82) is 0 Å². The topological polar surface area (TPSA) is 69.0 Å². The Hall–Kier alpha value is -2.58. The van der Waals surface area contributed by atoms with Crippen molar-refractivity contribution in [3.8, 4) is 5.75 Å². The summed E-state index contributed by atoms with van der Waals surface area (Å²) in [5, 5.41) is 10.1. The molecule has 1 atom stereocenters. The van der Waals surface area contributed by atoms with Gasteiger partial charge in [0.05, 0.1) is 31.5 Å². The molecule has 1 N–H and O–H groups in total. The fourth-order valence-electron chi connectivity index (χ4n) is 2.13. The minimum atomic E-state index is -1.48. The number of benzene rings is 1. The van der Waals surface area contributed by atoms with E-state index in [0.717, 1.165) is 7.11 Å². The second kappa shape index (κ2) is 7.33. The Balaban J connectivity index is 2.26. The molecule has 0 aliphatic carbocycles. The smallest absolute Gasteiger partial charge is 0.254 e. The fraction of sp³-hybridized carbons (Fsp3) is 0.400. The fourth-order valence-corrected chi connectivity index (χ4v) is 2.13. The summed E-state index contributed by atoms with van der Waals surface area (Å²) in [7, 11) is 0.990. The van der Waals surface area contributed by atoms with E-state index in [0.29, 0.717) is 12.6 Å². The zero-order chi connectivity index (χ0) is 17.9. The van der Waals surface area contributed by atoms with Crippen molar-refractivity contribution in [3.63, 3.8) is 0 Å². The lowest BCUT2D eigenvalue weighted by molar-refractivity contribution is 0.0913. The zero-order valence-electron chi connectivity index (χ0n) is 13.4. The zero-order valence-corrected chi connectivity index (χ0v) is 13.4. The number of nitrogens with one attached hydrogen (secondary N) is 1. The third-order valence-corrected chi connectivity index (χ3v) is 3.54. The van der Waals surface area contributed by atoms with E-state index in [-0.39, 0.29) is 5.92 Å². The van der Waals surface area contributed by atoms with Gasteiger partial charge in [0, 0.05) is 6.20 Å². The number of methoxy groups -OCH3 is 1. The van der Waals surface area contributed by atoms with E-state index < -0.39 is 40.7 Å². The number of carbonyl (C=O) groups excluding carboxylic acids is 1. The molecule has 0 radical (unpaired) electrons. The molecule has 0 bridgehead atoms. The van der Waals surface area contributed by atoms with Crippen molar-refractivity contribution in [2.24, 2.45) is 5.92 Å². The van der Waals surface area contributed by atoms with Crippen LogP contribution in [0.5, 0.6) is 5.75 Å². The van der Waals surface area contributed by atoms with Crippen molar-refractivity contribution < 1.29 is 22.7 Å². The lowest BCUT2D eigenvalue weighted by Crippen LogP contribution is -2.42. The summed E-state index contributed by atoms with van der Waals surface area (Å²) in [5.74, 6) is -5.92. The van der Waals surface area contributed by atoms with Crippen molar-refractivity contribution in [1.82, 2.24) is 20.3 Å². The summed E-state index contributed by atoms with van der Waals surface area (Å²) in [6.07, 6.45) is 3.10. The highest BCUT2D eigenvalue weighted by Gasteiger charge is 2.26. The van der Waals surface area contributed by atoms with Gasteiger partial charge in [-0.3, -0.25) is 9.48 Å². The Kier molecular flexibility index (Phi) is 5.42. The number of ether oxygens (including phenoxy) is 1. The Morgan fingerprint density at radius 2 is 2.04 bits per heavy atom. The predicted molar refractivity (Wildman–Crippen MR) is 79.0 cm³/mol. The van der Waals surface area contributed by atoms with Gasteiger partial charge in [0.15, 0.2) is 17.4 Å². The number of nitrogens with zero attached hydrogens (tertiary/aromatic N) is 3. The molecule has 130 valence electrons. The van der Waals surface area contributed by atoms with Crippen molar-refractivity contribution in [2.75, 3.05) is 7.11 Å². The van der Waals surface area contributed by atoms with Gasteiger partial charge >= 0.3 is 0 Å². The summed E-state index contributed by atoms with van der Waals surface area (Å²) in [6, 6.07) is 0.0905. The van der Waals surface area contributed by atoms with E-state index >= 15 is 0 Å². The quantitative estimate of drug-likeness (QED) is 0.817. The van der Waals surface area contributed by atoms with Crippen LogP contribution >= 0.6 is 0 Å². The van der Waals surface area contributed by atoms with Crippen LogP contribution in [0.4, 0.5) is 13.2 Å². The van der Waals surface area contributed by atoms with Gasteiger partial charge in [-0.1, -0.05) is 19.1 Å². The molecule has 24 heavy (non-hydrogen) atoms. The number of aromatic nitrogens is 3. The van der Waals surface area contributed by atoms with Gasteiger partial charge in [-0.05, 0) is 12.0 Å². The lowest BCUT2D eigenvalue weighted by atomic mass is 10.0. The van der Waals surface area contributed by atoms with E-state index in [2.05, 4.69) is 20.4 Å². The maximum absolute atomic E-state index is 14.2. The van der Waals surface area contributed by atoms with Crippen molar-refractivity contribution in [2.45, 2.75) is 26.4 Å². The van der Waals surface area contributed by atoms with E-state index in [1.807, 2.05) is 13.8 Å². The number of rotatable bonds is 6. The monoisotopic (exact) mass is 342 g/mol. The van der Waals surface area contributed by atoms with E-state index in [9.17, 15) is 18.0 Å². The molecular formula is C15H17F3N4O2. The minimum Gasteiger partial charge on any atom is -0.491 e. The normalized spacial score (nSPS) is 12.3. The molecule has 6 nitrogen and oxygen atoms in total. The summed E-state index contributed by atoms with van der Waals surface area (Å²) in [4.78, 5) is 12.3. The standard InChI is InChI=1S/C15H17F3N4O2/c1-8(2)11(7-22-5-4-19-21-22)20-15(23)9-6-10(16)13(18)14(24-3)12(9)17/h4-6,8,11H,7H2,1-3H3,(H,20,23)/t11-/m0/s1. The third-order valence-electron chi connectivity index (χ3n) is 3.54. The van der Waals surface area contributed by atoms with Gasteiger partial charge in [0.1, 0.15) is 0 Å². The molecule has 1 heterocycles. The Labute approximate surface area is 136 Å². The van der Waals surface area contributed by atoms with E-state index in [1.54, 1.807) is 6.20 Å². The first-order chi connectivity index (χ1) is 11.3. The van der Waals surface area contributed by atoms with Crippen LogP contribution in [0.15, 0.2) is 18.5 Å². The number of halogens is 3. The van der Waals surface area contributed by atoms with Crippen LogP contribution in [-0.2, 0) is 6.54 Å². The Morgan fingerprint density at radius 1 is 1.33 bits per heavy atom. The van der Waals surface area contributed by atoms with E-state index in [4.69, 9.17) is 0 Å². The number of amides is 1. The highest BCUT2D eigenvalue weighted by molar-refractivity contribution is 5.95. The van der Waals surface area contributed by atoms with Crippen molar-refractivity contribution in [3.05, 3.63) is 41.5 Å². The van der Waals surface area contributed by atoms with Crippen LogP contribution in [-0.4, -0.2) is 34.1 Å². The molecule has 0 saturated carbocycles. The molecule has 0 aliphatic rings. The molecule has 2 aromatic rings. The van der Waals surface area contributed by atoms with Gasteiger partial charge in [0.2, 0.25) is 5.82 Å². The maximum Gasteiger partial charge on any atom is 0.254 e. The second-order valence-electron chi connectivity index (χ2n) is 5.52. The highest BCUT2D eigenvalue weighted by atomic mass is 19.2. The first-order valence-electron chi connectivity index (χ1n) is 7.21. The van der Waals surface area contributed by atoms with Crippen LogP contribution in [0.1, 0.15) is 24.2 Å². The maximum atomic E-state index is 14.2. The third kappa shape index (κ3) is 3.66. The summed E-state index contributed by atoms with van der Waals surface area (Å²) in [5.41, 5.74) is -0.630. The molecule has 0 aliphatic heterocycles. The van der Waals surface area contributed by atoms with Gasteiger partial charge < -0.3 is 10.1 Å². The molecule has 0 spiro atoms.